The molecular formula is C34H36F2N6O5. The van der Waals surface area contributed by atoms with Crippen LogP contribution in [0.4, 0.5) is 30.6 Å². The zero-order valence-corrected chi connectivity index (χ0v) is 26.3. The maximum atomic E-state index is 15.3. The number of hydrogen-bond donors (Lipinski definition) is 3. The van der Waals surface area contributed by atoms with Crippen molar-refractivity contribution in [1.29, 1.82) is 0 Å². The standard InChI is InChI=1S/C34H36F2N6O5/c1-4-5-14-37-34(45)41-28-17-25-27(18-30(28)46-20(2)3)38-19-39-32(25)47-29-13-10-22(16-26(29)36)40-31(43)24-7-6-15-42(33(24)44)23-11-8-21(35)9-12-23/h8-13,16-20,24H,4-7,14-15H2,1-3H3,(H,40,43)(H2,37,41,45). The number of nitrogens with one attached hydrogen (secondary N) is 3. The molecule has 2 heterocycles. The second-order valence-corrected chi connectivity index (χ2v) is 11.3. The van der Waals surface area contributed by atoms with Crippen LogP contribution in [0.2, 0.25) is 0 Å². The minimum absolute atomic E-state index is 0.0323. The molecule has 1 saturated heterocycles. The van der Waals surface area contributed by atoms with Gasteiger partial charge in [-0.2, -0.15) is 0 Å². The predicted octanol–water partition coefficient (Wildman–Crippen LogP) is 6.79. The third-order valence-corrected chi connectivity index (χ3v) is 7.43. The van der Waals surface area contributed by atoms with Gasteiger partial charge in [0.1, 0.15) is 23.8 Å². The molecule has 0 spiro atoms. The third-order valence-electron chi connectivity index (χ3n) is 7.43. The molecule has 4 aromatic rings. The number of anilines is 3. The van der Waals surface area contributed by atoms with Crippen LogP contribution in [-0.4, -0.2) is 47.0 Å². The van der Waals surface area contributed by atoms with Gasteiger partial charge in [-0.3, -0.25) is 9.59 Å². The first-order chi connectivity index (χ1) is 22.6. The lowest BCUT2D eigenvalue weighted by Gasteiger charge is -2.31. The molecule has 1 fully saturated rings. The Balaban J connectivity index is 1.32. The monoisotopic (exact) mass is 646 g/mol. The zero-order chi connectivity index (χ0) is 33.5. The highest BCUT2D eigenvalue weighted by Crippen LogP contribution is 2.36. The fourth-order valence-electron chi connectivity index (χ4n) is 5.13. The van der Waals surface area contributed by atoms with Crippen molar-refractivity contribution in [1.82, 2.24) is 15.3 Å². The van der Waals surface area contributed by atoms with Crippen LogP contribution in [0.5, 0.6) is 17.4 Å². The normalized spacial score (nSPS) is 14.6. The Hall–Kier alpha value is -5.33. The number of nitrogens with zero attached hydrogens (tertiary/aromatic N) is 3. The topological polar surface area (TPSA) is 135 Å². The number of benzene rings is 3. The molecule has 246 valence electrons. The molecule has 3 aromatic carbocycles. The third kappa shape index (κ3) is 8.10. The van der Waals surface area contributed by atoms with Crippen LogP contribution in [0, 0.1) is 17.6 Å². The largest absolute Gasteiger partial charge is 0.489 e. The van der Waals surface area contributed by atoms with Crippen molar-refractivity contribution in [2.75, 3.05) is 28.6 Å². The van der Waals surface area contributed by atoms with Gasteiger partial charge in [0.25, 0.3) is 0 Å². The van der Waals surface area contributed by atoms with Crippen molar-refractivity contribution in [3.8, 4) is 17.4 Å². The molecule has 0 saturated carbocycles. The van der Waals surface area contributed by atoms with E-state index in [0.29, 0.717) is 54.0 Å². The molecule has 47 heavy (non-hydrogen) atoms. The lowest BCUT2D eigenvalue weighted by Crippen LogP contribution is -2.46. The van der Waals surface area contributed by atoms with Gasteiger partial charge >= 0.3 is 6.03 Å². The Morgan fingerprint density at radius 2 is 1.81 bits per heavy atom. The van der Waals surface area contributed by atoms with Crippen LogP contribution in [0.1, 0.15) is 46.5 Å². The SMILES string of the molecule is CCCCNC(=O)Nc1cc2c(Oc3ccc(NC(=O)C4CCCN(c5ccc(F)cc5)C4=O)cc3F)ncnc2cc1OC(C)C. The molecule has 0 aliphatic carbocycles. The second kappa shape index (κ2) is 14.8. The van der Waals surface area contributed by atoms with Gasteiger partial charge in [-0.1, -0.05) is 13.3 Å². The molecule has 1 aliphatic rings. The molecule has 1 atom stereocenters. The average molecular weight is 647 g/mol. The van der Waals surface area contributed by atoms with E-state index in [-0.39, 0.29) is 23.4 Å². The van der Waals surface area contributed by atoms with Crippen LogP contribution < -0.4 is 30.3 Å². The Bertz CT molecular complexity index is 1770. The summed E-state index contributed by atoms with van der Waals surface area (Å²) < 4.78 is 40.4. The number of ether oxygens (including phenoxy) is 2. The quantitative estimate of drug-likeness (QED) is 0.121. The Labute approximate surface area is 270 Å². The minimum Gasteiger partial charge on any atom is -0.489 e. The predicted molar refractivity (Wildman–Crippen MR) is 174 cm³/mol. The van der Waals surface area contributed by atoms with Gasteiger partial charge in [0.2, 0.25) is 17.7 Å². The number of carbonyl (C=O) groups is 3. The highest BCUT2D eigenvalue weighted by atomic mass is 19.1. The number of amides is 4. The molecule has 3 N–H and O–H groups in total. The minimum atomic E-state index is -0.985. The maximum Gasteiger partial charge on any atom is 0.319 e. The van der Waals surface area contributed by atoms with Gasteiger partial charge in [0, 0.05) is 36.6 Å². The molecule has 1 unspecified atom stereocenters. The summed E-state index contributed by atoms with van der Waals surface area (Å²) in [5, 5.41) is 8.61. The van der Waals surface area contributed by atoms with Crippen LogP contribution in [-0.2, 0) is 9.59 Å². The number of rotatable bonds is 11. The Morgan fingerprint density at radius 3 is 2.53 bits per heavy atom. The van der Waals surface area contributed by atoms with E-state index in [1.165, 1.54) is 47.6 Å². The van der Waals surface area contributed by atoms with E-state index in [1.54, 1.807) is 12.1 Å². The molecule has 11 nitrogen and oxygen atoms in total. The number of piperidine rings is 1. The van der Waals surface area contributed by atoms with Crippen LogP contribution in [0.25, 0.3) is 10.9 Å². The first-order valence-corrected chi connectivity index (χ1v) is 15.5. The fourth-order valence-corrected chi connectivity index (χ4v) is 5.13. The molecule has 13 heteroatoms. The highest BCUT2D eigenvalue weighted by molar-refractivity contribution is 6.12. The molecule has 4 amide bonds. The Kier molecular flexibility index (Phi) is 10.4. The number of fused-ring (bicyclic) bond motifs is 1. The van der Waals surface area contributed by atoms with Crippen molar-refractivity contribution >= 4 is 45.8 Å². The lowest BCUT2D eigenvalue weighted by atomic mass is 9.95. The zero-order valence-electron chi connectivity index (χ0n) is 26.3. The number of urea groups is 1. The summed E-state index contributed by atoms with van der Waals surface area (Å²) in [4.78, 5) is 48.7. The number of halogens is 2. The van der Waals surface area contributed by atoms with Crippen LogP contribution >= 0.6 is 0 Å². The van der Waals surface area contributed by atoms with E-state index in [0.717, 1.165) is 18.9 Å². The number of unbranched alkanes of at least 4 members (excludes halogenated alkanes) is 1. The van der Waals surface area contributed by atoms with Crippen molar-refractivity contribution in [3.63, 3.8) is 0 Å². The van der Waals surface area contributed by atoms with Crippen molar-refractivity contribution in [2.24, 2.45) is 5.92 Å². The van der Waals surface area contributed by atoms with E-state index >= 15 is 4.39 Å². The summed E-state index contributed by atoms with van der Waals surface area (Å²) in [5.74, 6) is -2.93. The summed E-state index contributed by atoms with van der Waals surface area (Å²) >= 11 is 0. The maximum absolute atomic E-state index is 15.3. The van der Waals surface area contributed by atoms with E-state index < -0.39 is 35.4 Å². The molecular weight excluding hydrogens is 610 g/mol. The molecule has 1 aliphatic heterocycles. The van der Waals surface area contributed by atoms with Crippen LogP contribution in [0.15, 0.2) is 60.9 Å². The van der Waals surface area contributed by atoms with E-state index in [9.17, 15) is 18.8 Å². The van der Waals surface area contributed by atoms with Crippen molar-refractivity contribution in [3.05, 3.63) is 72.6 Å². The highest BCUT2D eigenvalue weighted by Gasteiger charge is 2.35. The summed E-state index contributed by atoms with van der Waals surface area (Å²) in [7, 11) is 0. The molecule has 5 rings (SSSR count). The lowest BCUT2D eigenvalue weighted by molar-refractivity contribution is -0.132. The van der Waals surface area contributed by atoms with Gasteiger partial charge < -0.3 is 30.3 Å². The van der Waals surface area contributed by atoms with Gasteiger partial charge in [-0.25, -0.2) is 23.5 Å². The second-order valence-electron chi connectivity index (χ2n) is 11.3. The summed E-state index contributed by atoms with van der Waals surface area (Å²) in [6.45, 7) is 6.65. The first-order valence-electron chi connectivity index (χ1n) is 15.5. The summed E-state index contributed by atoms with van der Waals surface area (Å²) in [6.07, 6.45) is 3.73. The number of aromatic nitrogens is 2. The number of carbonyl (C=O) groups excluding carboxylic acids is 3. The summed E-state index contributed by atoms with van der Waals surface area (Å²) in [5.41, 5.74) is 1.43. The van der Waals surface area contributed by atoms with Crippen molar-refractivity contribution < 1.29 is 32.6 Å². The van der Waals surface area contributed by atoms with E-state index in [4.69, 9.17) is 9.47 Å². The fraction of sp³-hybridized carbons (Fsp3) is 0.324. The number of hydrogen-bond acceptors (Lipinski definition) is 7. The molecule has 0 radical (unpaired) electrons. The van der Waals surface area contributed by atoms with Gasteiger partial charge in [0.05, 0.1) is 22.7 Å². The average Bonchev–Trinajstić information content (AvgIpc) is 3.03. The van der Waals surface area contributed by atoms with Crippen molar-refractivity contribution in [2.45, 2.75) is 52.6 Å². The molecule has 1 aromatic heterocycles. The van der Waals surface area contributed by atoms with Gasteiger partial charge in [0.15, 0.2) is 11.6 Å². The molecule has 0 bridgehead atoms. The Morgan fingerprint density at radius 1 is 1.02 bits per heavy atom. The van der Waals surface area contributed by atoms with E-state index in [2.05, 4.69) is 25.9 Å². The van der Waals surface area contributed by atoms with Gasteiger partial charge in [-0.15, -0.1) is 0 Å². The van der Waals surface area contributed by atoms with E-state index in [1.807, 2.05) is 20.8 Å². The first kappa shape index (κ1) is 33.0. The smallest absolute Gasteiger partial charge is 0.319 e. The van der Waals surface area contributed by atoms with Crippen LogP contribution in [0.3, 0.4) is 0 Å². The van der Waals surface area contributed by atoms with Gasteiger partial charge in [-0.05, 0) is 75.6 Å². The summed E-state index contributed by atoms with van der Waals surface area (Å²) in [6, 6.07) is 12.2.